The van der Waals surface area contributed by atoms with Gasteiger partial charge in [-0.05, 0) is 17.7 Å². The quantitative estimate of drug-likeness (QED) is 0.706. The van der Waals surface area contributed by atoms with Crippen molar-refractivity contribution in [2.75, 3.05) is 27.6 Å². The van der Waals surface area contributed by atoms with Crippen molar-refractivity contribution in [2.45, 2.75) is 25.5 Å². The third-order valence-electron chi connectivity index (χ3n) is 4.91. The molecule has 0 radical (unpaired) electrons. The second-order valence-corrected chi connectivity index (χ2v) is 7.23. The lowest BCUT2D eigenvalue weighted by Crippen LogP contribution is -2.23. The van der Waals surface area contributed by atoms with E-state index in [1.165, 1.54) is 0 Å². The summed E-state index contributed by atoms with van der Waals surface area (Å²) in [5, 5.41) is 8.35. The zero-order valence-electron chi connectivity index (χ0n) is 16.4. The number of fused-ring (bicyclic) bond motifs is 1. The molecule has 0 bridgehead atoms. The van der Waals surface area contributed by atoms with Crippen LogP contribution in [0.5, 0.6) is 23.0 Å². The third kappa shape index (κ3) is 4.21. The Kier molecular flexibility index (Phi) is 5.97. The molecule has 29 heavy (non-hydrogen) atoms. The molecule has 2 aliphatic heterocycles. The van der Waals surface area contributed by atoms with Crippen LogP contribution in [0.2, 0.25) is 5.02 Å². The van der Waals surface area contributed by atoms with E-state index in [1.54, 1.807) is 14.2 Å². The number of hydrogen-bond acceptors (Lipinski definition) is 7. The lowest BCUT2D eigenvalue weighted by atomic mass is 10.0. The minimum absolute atomic E-state index is 0.0777. The van der Waals surface area contributed by atoms with E-state index < -0.39 is 0 Å². The predicted octanol–water partition coefficient (Wildman–Crippen LogP) is 3.56. The van der Waals surface area contributed by atoms with Crippen LogP contribution in [0.25, 0.3) is 0 Å². The minimum Gasteiger partial charge on any atom is -0.493 e. The normalized spacial score (nSPS) is 17.1. The van der Waals surface area contributed by atoms with Crippen molar-refractivity contribution < 1.29 is 23.8 Å². The number of halogens is 1. The number of ether oxygens (including phenoxy) is 4. The van der Waals surface area contributed by atoms with Gasteiger partial charge in [0.2, 0.25) is 18.3 Å². The number of nitrogens with one attached hydrogen (secondary N) is 1. The van der Waals surface area contributed by atoms with Gasteiger partial charge in [-0.2, -0.15) is 0 Å². The monoisotopic (exact) mass is 418 g/mol. The van der Waals surface area contributed by atoms with Crippen LogP contribution in [-0.2, 0) is 17.8 Å². The Morgan fingerprint density at radius 3 is 2.72 bits per heavy atom. The lowest BCUT2D eigenvalue weighted by molar-refractivity contribution is 0.0853. The second-order valence-electron chi connectivity index (χ2n) is 6.82. The van der Waals surface area contributed by atoms with Gasteiger partial charge in [-0.25, -0.2) is 0 Å². The lowest BCUT2D eigenvalue weighted by Gasteiger charge is -2.15. The summed E-state index contributed by atoms with van der Waals surface area (Å²) < 4.78 is 22.1. The van der Waals surface area contributed by atoms with E-state index in [0.29, 0.717) is 42.5 Å². The molecule has 0 fully saturated rings. The van der Waals surface area contributed by atoms with E-state index in [0.717, 1.165) is 28.3 Å². The van der Waals surface area contributed by atoms with Gasteiger partial charge < -0.3 is 29.1 Å². The standard InChI is InChI=1S/C21H23ClN2O5/c1-25-18-8-14(19(26-2)21-20(18)27-12-28-21)7-16-9-15(24-29-16)11-23-10-13-5-3-4-6-17(13)22/h3-6,8,16,23H,7,9-12H2,1-2H3. The van der Waals surface area contributed by atoms with Gasteiger partial charge in [-0.3, -0.25) is 0 Å². The first-order valence-electron chi connectivity index (χ1n) is 9.38. The summed E-state index contributed by atoms with van der Waals surface area (Å²) >= 11 is 6.19. The van der Waals surface area contributed by atoms with E-state index in [1.807, 2.05) is 30.3 Å². The maximum Gasteiger partial charge on any atom is 0.231 e. The molecule has 0 spiro atoms. The molecular formula is C21H23ClN2O5. The highest BCUT2D eigenvalue weighted by Gasteiger charge is 2.30. The fourth-order valence-electron chi connectivity index (χ4n) is 3.52. The zero-order chi connectivity index (χ0) is 20.2. The van der Waals surface area contributed by atoms with E-state index >= 15 is 0 Å². The van der Waals surface area contributed by atoms with Gasteiger partial charge in [-0.15, -0.1) is 0 Å². The fourth-order valence-corrected chi connectivity index (χ4v) is 3.72. The van der Waals surface area contributed by atoms with Gasteiger partial charge in [0.15, 0.2) is 11.5 Å². The average molecular weight is 419 g/mol. The molecule has 0 aromatic heterocycles. The van der Waals surface area contributed by atoms with Crippen molar-refractivity contribution in [2.24, 2.45) is 5.16 Å². The maximum absolute atomic E-state index is 6.19. The summed E-state index contributed by atoms with van der Waals surface area (Å²) in [4.78, 5) is 5.64. The number of hydrogen-bond donors (Lipinski definition) is 1. The first-order chi connectivity index (χ1) is 14.2. The van der Waals surface area contributed by atoms with E-state index in [-0.39, 0.29) is 12.9 Å². The second kappa shape index (κ2) is 8.80. The predicted molar refractivity (Wildman–Crippen MR) is 109 cm³/mol. The Morgan fingerprint density at radius 2 is 1.93 bits per heavy atom. The number of rotatable bonds is 8. The molecule has 0 saturated carbocycles. The largest absolute Gasteiger partial charge is 0.493 e. The summed E-state index contributed by atoms with van der Waals surface area (Å²) in [6.45, 7) is 1.47. The highest BCUT2D eigenvalue weighted by atomic mass is 35.5. The first-order valence-corrected chi connectivity index (χ1v) is 9.76. The Balaban J connectivity index is 1.36. The SMILES string of the molecule is COc1cc(CC2CC(CNCc3ccccc3Cl)=NO2)c(OC)c2c1OCO2. The minimum atomic E-state index is -0.0777. The van der Waals surface area contributed by atoms with Crippen LogP contribution in [0, 0.1) is 0 Å². The van der Waals surface area contributed by atoms with Crippen molar-refractivity contribution in [3.8, 4) is 23.0 Å². The molecule has 1 unspecified atom stereocenters. The molecular weight excluding hydrogens is 396 g/mol. The zero-order valence-corrected chi connectivity index (χ0v) is 17.1. The highest BCUT2D eigenvalue weighted by molar-refractivity contribution is 6.31. The summed E-state index contributed by atoms with van der Waals surface area (Å²) in [6, 6.07) is 9.69. The number of nitrogens with zero attached hydrogens (tertiary/aromatic N) is 1. The van der Waals surface area contributed by atoms with Gasteiger partial charge in [0.25, 0.3) is 0 Å². The van der Waals surface area contributed by atoms with Crippen LogP contribution >= 0.6 is 11.6 Å². The highest BCUT2D eigenvalue weighted by Crippen LogP contribution is 2.49. The Labute approximate surface area is 174 Å². The van der Waals surface area contributed by atoms with Crippen molar-refractivity contribution in [3.63, 3.8) is 0 Å². The fraction of sp³-hybridized carbons (Fsp3) is 0.381. The van der Waals surface area contributed by atoms with E-state index in [2.05, 4.69) is 10.5 Å². The van der Waals surface area contributed by atoms with Crippen LogP contribution in [0.4, 0.5) is 0 Å². The van der Waals surface area contributed by atoms with Gasteiger partial charge in [-0.1, -0.05) is 35.0 Å². The Bertz CT molecular complexity index is 918. The van der Waals surface area contributed by atoms with Crippen molar-refractivity contribution in [1.82, 2.24) is 5.32 Å². The smallest absolute Gasteiger partial charge is 0.231 e. The number of benzene rings is 2. The molecule has 4 rings (SSSR count). The molecule has 2 aromatic carbocycles. The third-order valence-corrected chi connectivity index (χ3v) is 5.28. The molecule has 1 N–H and O–H groups in total. The summed E-state index contributed by atoms with van der Waals surface area (Å²) in [5.74, 6) is 2.41. The van der Waals surface area contributed by atoms with Gasteiger partial charge in [0.1, 0.15) is 6.10 Å². The molecule has 8 heteroatoms. The average Bonchev–Trinajstić information content (AvgIpc) is 3.38. The van der Waals surface area contributed by atoms with Crippen LogP contribution in [-0.4, -0.2) is 39.4 Å². The van der Waals surface area contributed by atoms with E-state index in [9.17, 15) is 0 Å². The van der Waals surface area contributed by atoms with Gasteiger partial charge in [0.05, 0.1) is 19.9 Å². The van der Waals surface area contributed by atoms with Gasteiger partial charge in [0, 0.05) is 36.5 Å². The van der Waals surface area contributed by atoms with Crippen molar-refractivity contribution in [1.29, 1.82) is 0 Å². The molecule has 0 saturated heterocycles. The molecule has 154 valence electrons. The van der Waals surface area contributed by atoms with E-state index in [4.69, 9.17) is 35.4 Å². The Morgan fingerprint density at radius 1 is 1.10 bits per heavy atom. The molecule has 2 aromatic rings. The maximum atomic E-state index is 6.19. The molecule has 0 aliphatic carbocycles. The molecule has 1 atom stereocenters. The number of oxime groups is 1. The molecule has 2 heterocycles. The van der Waals surface area contributed by atoms with Gasteiger partial charge >= 0.3 is 0 Å². The number of methoxy groups -OCH3 is 2. The van der Waals surface area contributed by atoms with Crippen molar-refractivity contribution in [3.05, 3.63) is 46.5 Å². The van der Waals surface area contributed by atoms with Crippen LogP contribution in [0.1, 0.15) is 17.5 Å². The van der Waals surface area contributed by atoms with Crippen LogP contribution in [0.3, 0.4) is 0 Å². The Hall–Kier alpha value is -2.64. The first kappa shape index (κ1) is 19.7. The topological polar surface area (TPSA) is 70.5 Å². The molecule has 7 nitrogen and oxygen atoms in total. The van der Waals surface area contributed by atoms with Crippen molar-refractivity contribution >= 4 is 17.3 Å². The molecule has 2 aliphatic rings. The summed E-state index contributed by atoms with van der Waals surface area (Å²) in [6.07, 6.45) is 1.27. The van der Waals surface area contributed by atoms with Crippen LogP contribution in [0.15, 0.2) is 35.5 Å². The molecule has 0 amide bonds. The van der Waals surface area contributed by atoms with Crippen LogP contribution < -0.4 is 24.3 Å². The summed E-state index contributed by atoms with van der Waals surface area (Å²) in [5.41, 5.74) is 2.95. The summed E-state index contributed by atoms with van der Waals surface area (Å²) in [7, 11) is 3.22.